The maximum Gasteiger partial charge on any atom is 0.253 e. The third kappa shape index (κ3) is 4.45. The second-order valence-electron chi connectivity index (χ2n) is 6.51. The van der Waals surface area contributed by atoms with Crippen LogP contribution in [0, 0.1) is 5.82 Å². The maximum atomic E-state index is 13.8. The first-order chi connectivity index (χ1) is 12.8. The summed E-state index contributed by atoms with van der Waals surface area (Å²) < 4.78 is 46.7. The average Bonchev–Trinajstić information content (AvgIpc) is 3.45. The highest BCUT2D eigenvalue weighted by Gasteiger charge is 2.30. The number of carbonyl (C=O) groups is 1. The van der Waals surface area contributed by atoms with Crippen LogP contribution < -0.4 is 9.46 Å². The van der Waals surface area contributed by atoms with E-state index in [2.05, 4.69) is 4.72 Å². The highest BCUT2D eigenvalue weighted by Crippen LogP contribution is 2.28. The molecule has 0 bridgehead atoms. The van der Waals surface area contributed by atoms with Crippen molar-refractivity contribution in [2.75, 3.05) is 14.2 Å². The van der Waals surface area contributed by atoms with Crippen LogP contribution in [-0.4, -0.2) is 39.4 Å². The molecule has 8 heteroatoms. The Bertz CT molecular complexity index is 958. The number of sulfonamides is 1. The molecule has 1 aliphatic rings. The molecule has 2 aromatic rings. The number of benzene rings is 2. The summed E-state index contributed by atoms with van der Waals surface area (Å²) in [5.74, 6) is -0.649. The Hall–Kier alpha value is -2.45. The Labute approximate surface area is 158 Å². The SMILES string of the molecule is COc1ccc(C(=O)N(C)Cc2ccccc2F)cc1S(=O)(=O)NC1CC1. The molecule has 1 fully saturated rings. The fourth-order valence-corrected chi connectivity index (χ4v) is 4.18. The highest BCUT2D eigenvalue weighted by molar-refractivity contribution is 7.89. The van der Waals surface area contributed by atoms with Gasteiger partial charge >= 0.3 is 0 Å². The number of hydrogen-bond donors (Lipinski definition) is 1. The van der Waals surface area contributed by atoms with Crippen LogP contribution in [0.25, 0.3) is 0 Å². The normalized spacial score (nSPS) is 14.0. The van der Waals surface area contributed by atoms with Crippen LogP contribution in [0.3, 0.4) is 0 Å². The largest absolute Gasteiger partial charge is 0.495 e. The molecule has 0 aliphatic heterocycles. The first-order valence-electron chi connectivity index (χ1n) is 8.51. The van der Waals surface area contributed by atoms with Crippen molar-refractivity contribution in [1.82, 2.24) is 9.62 Å². The summed E-state index contributed by atoms with van der Waals surface area (Å²) >= 11 is 0. The van der Waals surface area contributed by atoms with E-state index in [1.165, 1.54) is 43.3 Å². The average molecular weight is 392 g/mol. The van der Waals surface area contributed by atoms with Crippen molar-refractivity contribution in [2.45, 2.75) is 30.3 Å². The summed E-state index contributed by atoms with van der Waals surface area (Å²) in [4.78, 5) is 14.0. The molecule has 27 heavy (non-hydrogen) atoms. The standard InChI is InChI=1S/C19H21FN2O4S/c1-22(12-14-5-3-4-6-16(14)20)19(23)13-7-10-17(26-2)18(11-13)27(24,25)21-15-8-9-15/h3-7,10-11,15,21H,8-9,12H2,1-2H3. The number of ether oxygens (including phenoxy) is 1. The molecule has 0 spiro atoms. The van der Waals surface area contributed by atoms with Gasteiger partial charge in [0.25, 0.3) is 5.91 Å². The second-order valence-corrected chi connectivity index (χ2v) is 8.20. The molecule has 0 heterocycles. The van der Waals surface area contributed by atoms with Gasteiger partial charge in [0, 0.05) is 30.8 Å². The Morgan fingerprint density at radius 3 is 2.59 bits per heavy atom. The molecule has 1 amide bonds. The molecule has 3 rings (SSSR count). The van der Waals surface area contributed by atoms with Crippen molar-refractivity contribution >= 4 is 15.9 Å². The summed E-state index contributed by atoms with van der Waals surface area (Å²) in [6.07, 6.45) is 1.59. The summed E-state index contributed by atoms with van der Waals surface area (Å²) in [6.45, 7) is 0.0694. The molecular formula is C19H21FN2O4S. The van der Waals surface area contributed by atoms with Crippen LogP contribution in [0.4, 0.5) is 4.39 Å². The lowest BCUT2D eigenvalue weighted by molar-refractivity contribution is 0.0783. The summed E-state index contributed by atoms with van der Waals surface area (Å²) in [7, 11) is -0.883. The minimum absolute atomic E-state index is 0.0669. The van der Waals surface area contributed by atoms with Gasteiger partial charge in [0.15, 0.2) is 0 Å². The number of amides is 1. The molecule has 1 aliphatic carbocycles. The Morgan fingerprint density at radius 1 is 1.26 bits per heavy atom. The first-order valence-corrected chi connectivity index (χ1v) is 9.99. The van der Waals surface area contributed by atoms with E-state index < -0.39 is 21.7 Å². The Balaban J connectivity index is 1.86. The van der Waals surface area contributed by atoms with E-state index in [0.29, 0.717) is 5.56 Å². The molecule has 0 unspecified atom stereocenters. The molecule has 2 aromatic carbocycles. The molecule has 0 atom stereocenters. The van der Waals surface area contributed by atoms with Gasteiger partial charge in [-0.1, -0.05) is 18.2 Å². The monoisotopic (exact) mass is 392 g/mol. The summed E-state index contributed by atoms with van der Waals surface area (Å²) in [5, 5.41) is 0. The number of carbonyl (C=O) groups excluding carboxylic acids is 1. The van der Waals surface area contributed by atoms with Gasteiger partial charge in [0.2, 0.25) is 10.0 Å². The zero-order valence-corrected chi connectivity index (χ0v) is 15.9. The van der Waals surface area contributed by atoms with E-state index in [1.54, 1.807) is 18.2 Å². The summed E-state index contributed by atoms with van der Waals surface area (Å²) in [6, 6.07) is 10.4. The molecule has 144 valence electrons. The number of halogens is 1. The number of hydrogen-bond acceptors (Lipinski definition) is 4. The van der Waals surface area contributed by atoms with Crippen LogP contribution in [0.1, 0.15) is 28.8 Å². The van der Waals surface area contributed by atoms with Crippen LogP contribution >= 0.6 is 0 Å². The second kappa shape index (κ2) is 7.66. The quantitative estimate of drug-likeness (QED) is 0.786. The fourth-order valence-electron chi connectivity index (χ4n) is 2.68. The third-order valence-corrected chi connectivity index (χ3v) is 5.85. The minimum atomic E-state index is -3.79. The van der Waals surface area contributed by atoms with Crippen molar-refractivity contribution in [3.05, 3.63) is 59.4 Å². The van der Waals surface area contributed by atoms with Gasteiger partial charge in [-0.05, 0) is 37.1 Å². The van der Waals surface area contributed by atoms with Crippen molar-refractivity contribution in [3.8, 4) is 5.75 Å². The Kier molecular flexibility index (Phi) is 5.48. The van der Waals surface area contributed by atoms with E-state index in [9.17, 15) is 17.6 Å². The lowest BCUT2D eigenvalue weighted by atomic mass is 10.1. The lowest BCUT2D eigenvalue weighted by Gasteiger charge is -2.19. The molecule has 0 radical (unpaired) electrons. The topological polar surface area (TPSA) is 75.7 Å². The minimum Gasteiger partial charge on any atom is -0.495 e. The molecule has 0 aromatic heterocycles. The van der Waals surface area contributed by atoms with E-state index in [-0.39, 0.29) is 28.8 Å². The van der Waals surface area contributed by atoms with E-state index in [0.717, 1.165) is 12.8 Å². The van der Waals surface area contributed by atoms with Crippen LogP contribution in [0.2, 0.25) is 0 Å². The fraction of sp³-hybridized carbons (Fsp3) is 0.316. The van der Waals surface area contributed by atoms with E-state index >= 15 is 0 Å². The molecule has 0 saturated heterocycles. The first kappa shape index (κ1) is 19.3. The molecular weight excluding hydrogens is 371 g/mol. The zero-order valence-electron chi connectivity index (χ0n) is 15.1. The predicted octanol–water partition coefficient (Wildman–Crippen LogP) is 2.55. The van der Waals surface area contributed by atoms with E-state index in [4.69, 9.17) is 4.74 Å². The molecule has 1 saturated carbocycles. The maximum absolute atomic E-state index is 13.8. The molecule has 6 nitrogen and oxygen atoms in total. The number of rotatable bonds is 7. The van der Waals surface area contributed by atoms with Crippen molar-refractivity contribution in [1.29, 1.82) is 0 Å². The van der Waals surface area contributed by atoms with Crippen molar-refractivity contribution in [3.63, 3.8) is 0 Å². The number of nitrogens with one attached hydrogen (secondary N) is 1. The number of nitrogens with zero attached hydrogens (tertiary/aromatic N) is 1. The Morgan fingerprint density at radius 2 is 1.96 bits per heavy atom. The van der Waals surface area contributed by atoms with Gasteiger partial charge in [-0.2, -0.15) is 0 Å². The van der Waals surface area contributed by atoms with Crippen molar-refractivity contribution < 1.29 is 22.3 Å². The number of methoxy groups -OCH3 is 1. The summed E-state index contributed by atoms with van der Waals surface area (Å²) in [5.41, 5.74) is 0.566. The predicted molar refractivity (Wildman–Crippen MR) is 98.5 cm³/mol. The van der Waals surface area contributed by atoms with Gasteiger partial charge in [-0.25, -0.2) is 17.5 Å². The van der Waals surface area contributed by atoms with Gasteiger partial charge in [-0.15, -0.1) is 0 Å². The van der Waals surface area contributed by atoms with Gasteiger partial charge in [0.05, 0.1) is 7.11 Å². The van der Waals surface area contributed by atoms with Gasteiger partial charge in [-0.3, -0.25) is 4.79 Å². The van der Waals surface area contributed by atoms with Crippen LogP contribution in [0.15, 0.2) is 47.4 Å². The van der Waals surface area contributed by atoms with Gasteiger partial charge < -0.3 is 9.64 Å². The zero-order chi connectivity index (χ0) is 19.6. The highest BCUT2D eigenvalue weighted by atomic mass is 32.2. The van der Waals surface area contributed by atoms with E-state index in [1.807, 2.05) is 0 Å². The smallest absolute Gasteiger partial charge is 0.253 e. The van der Waals surface area contributed by atoms with Gasteiger partial charge in [0.1, 0.15) is 16.5 Å². The van der Waals surface area contributed by atoms with Crippen LogP contribution in [0.5, 0.6) is 5.75 Å². The van der Waals surface area contributed by atoms with Crippen LogP contribution in [-0.2, 0) is 16.6 Å². The lowest BCUT2D eigenvalue weighted by Crippen LogP contribution is -2.28. The molecule has 1 N–H and O–H groups in total. The third-order valence-electron chi connectivity index (χ3n) is 4.31. The van der Waals surface area contributed by atoms with Crippen molar-refractivity contribution in [2.24, 2.45) is 0 Å².